The molecule has 0 aromatic carbocycles. The van der Waals surface area contributed by atoms with Gasteiger partial charge in [-0.2, -0.15) is 0 Å². The third-order valence-electron chi connectivity index (χ3n) is 3.10. The summed E-state index contributed by atoms with van der Waals surface area (Å²) < 4.78 is 0. The fraction of sp³-hybridized carbons (Fsp3) is 0.923. The summed E-state index contributed by atoms with van der Waals surface area (Å²) in [6.07, 6.45) is 1.49. The van der Waals surface area contributed by atoms with Crippen molar-refractivity contribution < 1.29 is 9.90 Å². The van der Waals surface area contributed by atoms with Gasteiger partial charge >= 0.3 is 0 Å². The molecule has 0 rings (SSSR count). The van der Waals surface area contributed by atoms with Gasteiger partial charge in [-0.3, -0.25) is 4.79 Å². The normalized spacial score (nSPS) is 17.4. The van der Waals surface area contributed by atoms with Crippen LogP contribution in [0, 0.1) is 11.3 Å². The molecule has 2 atom stereocenters. The van der Waals surface area contributed by atoms with Gasteiger partial charge in [0.1, 0.15) is 0 Å². The zero-order chi connectivity index (χ0) is 13.7. The minimum absolute atomic E-state index is 0.0403. The van der Waals surface area contributed by atoms with Crippen LogP contribution in [0.5, 0.6) is 0 Å². The molecule has 4 nitrogen and oxygen atoms in total. The van der Waals surface area contributed by atoms with E-state index in [2.05, 4.69) is 26.1 Å². The molecule has 0 aliphatic rings. The van der Waals surface area contributed by atoms with E-state index in [9.17, 15) is 4.79 Å². The molecule has 0 aliphatic heterocycles. The van der Waals surface area contributed by atoms with Crippen molar-refractivity contribution in [2.75, 3.05) is 13.2 Å². The third-order valence-corrected chi connectivity index (χ3v) is 3.10. The summed E-state index contributed by atoms with van der Waals surface area (Å²) in [5.74, 6) is -0.278. The molecule has 0 heterocycles. The Labute approximate surface area is 105 Å². The van der Waals surface area contributed by atoms with E-state index in [-0.39, 0.29) is 23.8 Å². The highest BCUT2D eigenvalue weighted by Gasteiger charge is 2.36. The van der Waals surface area contributed by atoms with Crippen LogP contribution in [0.2, 0.25) is 0 Å². The molecule has 0 aromatic heterocycles. The molecule has 102 valence electrons. The molecule has 0 saturated heterocycles. The van der Waals surface area contributed by atoms with Crippen molar-refractivity contribution >= 4 is 5.91 Å². The Morgan fingerprint density at radius 2 is 1.88 bits per heavy atom. The molecule has 4 N–H and O–H groups in total. The summed E-state index contributed by atoms with van der Waals surface area (Å²) in [5.41, 5.74) is 5.76. The van der Waals surface area contributed by atoms with Crippen LogP contribution in [-0.4, -0.2) is 29.7 Å². The largest absolute Gasteiger partial charge is 0.395 e. The Balaban J connectivity index is 4.79. The average molecular weight is 244 g/mol. The van der Waals surface area contributed by atoms with E-state index in [4.69, 9.17) is 10.8 Å². The summed E-state index contributed by atoms with van der Waals surface area (Å²) in [6, 6.07) is 0. The Kier molecular flexibility index (Phi) is 6.13. The minimum atomic E-state index is -0.507. The maximum atomic E-state index is 12.1. The number of hydrogen-bond donors (Lipinski definition) is 3. The van der Waals surface area contributed by atoms with E-state index in [1.165, 1.54) is 0 Å². The standard InChI is InChI=1S/C13H28N2O2/c1-6-13(5,14)10(9-12(2,3)4)11(17)15-7-8-16/h10,16H,6-9,14H2,1-5H3,(H,15,17). The summed E-state index contributed by atoms with van der Waals surface area (Å²) in [6.45, 7) is 10.5. The number of carbonyl (C=O) groups excluding carboxylic acids is 1. The zero-order valence-corrected chi connectivity index (χ0v) is 11.8. The number of rotatable bonds is 6. The van der Waals surface area contributed by atoms with Gasteiger partial charge in [-0.1, -0.05) is 27.7 Å². The highest BCUT2D eigenvalue weighted by Crippen LogP contribution is 2.31. The molecule has 0 radical (unpaired) electrons. The second-order valence-corrected chi connectivity index (χ2v) is 6.19. The molecule has 0 bridgehead atoms. The summed E-state index contributed by atoms with van der Waals surface area (Å²) in [5, 5.41) is 11.5. The molecule has 0 aliphatic carbocycles. The molecular weight excluding hydrogens is 216 g/mol. The molecule has 2 unspecified atom stereocenters. The van der Waals surface area contributed by atoms with E-state index >= 15 is 0 Å². The number of hydrogen-bond acceptors (Lipinski definition) is 3. The first kappa shape index (κ1) is 16.4. The van der Waals surface area contributed by atoms with Crippen molar-refractivity contribution in [2.45, 2.75) is 53.0 Å². The van der Waals surface area contributed by atoms with E-state index in [0.717, 1.165) is 12.8 Å². The highest BCUT2D eigenvalue weighted by atomic mass is 16.3. The minimum Gasteiger partial charge on any atom is -0.395 e. The zero-order valence-electron chi connectivity index (χ0n) is 11.8. The molecule has 0 saturated carbocycles. The number of amides is 1. The van der Waals surface area contributed by atoms with Gasteiger partial charge in [-0.25, -0.2) is 0 Å². The lowest BCUT2D eigenvalue weighted by atomic mass is 9.74. The summed E-state index contributed by atoms with van der Waals surface area (Å²) in [4.78, 5) is 12.1. The van der Waals surface area contributed by atoms with Crippen LogP contribution < -0.4 is 11.1 Å². The lowest BCUT2D eigenvalue weighted by Gasteiger charge is -2.36. The highest BCUT2D eigenvalue weighted by molar-refractivity contribution is 5.80. The second kappa shape index (κ2) is 6.36. The molecule has 1 amide bonds. The van der Waals surface area contributed by atoms with Gasteiger partial charge in [0.25, 0.3) is 0 Å². The van der Waals surface area contributed by atoms with Crippen LogP contribution >= 0.6 is 0 Å². The lowest BCUT2D eigenvalue weighted by Crippen LogP contribution is -2.52. The molecule has 0 spiro atoms. The SMILES string of the molecule is CCC(C)(N)C(CC(C)(C)C)C(=O)NCCO. The van der Waals surface area contributed by atoms with E-state index in [1.807, 2.05) is 13.8 Å². The van der Waals surface area contributed by atoms with Gasteiger partial charge < -0.3 is 16.2 Å². The van der Waals surface area contributed by atoms with Crippen LogP contribution in [0.1, 0.15) is 47.5 Å². The molecule has 17 heavy (non-hydrogen) atoms. The number of carbonyl (C=O) groups is 1. The third kappa shape index (κ3) is 6.03. The number of nitrogens with one attached hydrogen (secondary N) is 1. The van der Waals surface area contributed by atoms with Gasteiger partial charge in [0.05, 0.1) is 12.5 Å². The number of aliphatic hydroxyl groups is 1. The first-order valence-electron chi connectivity index (χ1n) is 6.31. The fourth-order valence-electron chi connectivity index (χ4n) is 1.79. The predicted octanol–water partition coefficient (Wildman–Crippen LogP) is 1.27. The van der Waals surface area contributed by atoms with Crippen LogP contribution in [0.25, 0.3) is 0 Å². The van der Waals surface area contributed by atoms with Crippen LogP contribution in [0.4, 0.5) is 0 Å². The maximum Gasteiger partial charge on any atom is 0.225 e. The lowest BCUT2D eigenvalue weighted by molar-refractivity contribution is -0.128. The molecular formula is C13H28N2O2. The van der Waals surface area contributed by atoms with Gasteiger partial charge in [-0.15, -0.1) is 0 Å². The van der Waals surface area contributed by atoms with Crippen molar-refractivity contribution in [2.24, 2.45) is 17.1 Å². The van der Waals surface area contributed by atoms with E-state index in [1.54, 1.807) is 0 Å². The van der Waals surface area contributed by atoms with Gasteiger partial charge in [0, 0.05) is 12.1 Å². The maximum absolute atomic E-state index is 12.1. The molecule has 0 aromatic rings. The van der Waals surface area contributed by atoms with Crippen molar-refractivity contribution in [3.63, 3.8) is 0 Å². The van der Waals surface area contributed by atoms with Gasteiger partial charge in [0.15, 0.2) is 0 Å². The average Bonchev–Trinajstić information content (AvgIpc) is 2.21. The van der Waals surface area contributed by atoms with Gasteiger partial charge in [-0.05, 0) is 25.2 Å². The monoisotopic (exact) mass is 244 g/mol. The Morgan fingerprint density at radius 3 is 2.24 bits per heavy atom. The molecule has 4 heteroatoms. The fourth-order valence-corrected chi connectivity index (χ4v) is 1.79. The Morgan fingerprint density at radius 1 is 1.35 bits per heavy atom. The smallest absolute Gasteiger partial charge is 0.225 e. The van der Waals surface area contributed by atoms with Crippen molar-refractivity contribution in [1.29, 1.82) is 0 Å². The van der Waals surface area contributed by atoms with Crippen molar-refractivity contribution in [3.05, 3.63) is 0 Å². The first-order valence-corrected chi connectivity index (χ1v) is 6.31. The summed E-state index contributed by atoms with van der Waals surface area (Å²) >= 11 is 0. The van der Waals surface area contributed by atoms with Crippen LogP contribution in [0.3, 0.4) is 0 Å². The Hall–Kier alpha value is -0.610. The van der Waals surface area contributed by atoms with E-state index in [0.29, 0.717) is 6.54 Å². The number of aliphatic hydroxyl groups excluding tert-OH is 1. The first-order chi connectivity index (χ1) is 7.64. The summed E-state index contributed by atoms with van der Waals surface area (Å²) in [7, 11) is 0. The number of nitrogens with two attached hydrogens (primary N) is 1. The predicted molar refractivity (Wildman–Crippen MR) is 70.5 cm³/mol. The van der Waals surface area contributed by atoms with E-state index < -0.39 is 5.54 Å². The van der Waals surface area contributed by atoms with Crippen LogP contribution in [-0.2, 0) is 4.79 Å². The van der Waals surface area contributed by atoms with Crippen LogP contribution in [0.15, 0.2) is 0 Å². The topological polar surface area (TPSA) is 75.4 Å². The van der Waals surface area contributed by atoms with Crippen molar-refractivity contribution in [3.8, 4) is 0 Å². The van der Waals surface area contributed by atoms with Crippen molar-refractivity contribution in [1.82, 2.24) is 5.32 Å². The quantitative estimate of drug-likeness (QED) is 0.658. The van der Waals surface area contributed by atoms with Gasteiger partial charge in [0.2, 0.25) is 5.91 Å². The second-order valence-electron chi connectivity index (χ2n) is 6.19. The Bertz CT molecular complexity index is 244. The molecule has 0 fully saturated rings.